The second-order valence-corrected chi connectivity index (χ2v) is 8.26. The molecule has 0 atom stereocenters. The van der Waals surface area contributed by atoms with Gasteiger partial charge in [-0.05, 0) is 55.4 Å². The van der Waals surface area contributed by atoms with E-state index in [2.05, 4.69) is 31.7 Å². The van der Waals surface area contributed by atoms with E-state index in [4.69, 9.17) is 16.6 Å². The Balaban J connectivity index is 1.88. The molecule has 1 amide bonds. The van der Waals surface area contributed by atoms with Crippen molar-refractivity contribution in [3.05, 3.63) is 64.7 Å². The normalized spacial score (nSPS) is 11.6. The summed E-state index contributed by atoms with van der Waals surface area (Å²) in [4.78, 5) is 21.9. The molecular formula is C23H26ClN3OS. The summed E-state index contributed by atoms with van der Waals surface area (Å²) in [6.45, 7) is 9.62. The third-order valence-electron chi connectivity index (χ3n) is 4.87. The first-order valence-corrected chi connectivity index (χ1v) is 11.0. The van der Waals surface area contributed by atoms with E-state index < -0.39 is 0 Å². The molecule has 2 aromatic carbocycles. The van der Waals surface area contributed by atoms with Crippen LogP contribution in [0.2, 0.25) is 5.02 Å². The monoisotopic (exact) mass is 427 g/mol. The van der Waals surface area contributed by atoms with E-state index >= 15 is 0 Å². The van der Waals surface area contributed by atoms with E-state index in [1.165, 1.54) is 5.56 Å². The molecule has 1 heterocycles. The molecule has 0 saturated carbocycles. The van der Waals surface area contributed by atoms with Crippen LogP contribution in [0, 0.1) is 6.92 Å². The molecule has 29 heavy (non-hydrogen) atoms. The lowest BCUT2D eigenvalue weighted by molar-refractivity contribution is -0.114. The van der Waals surface area contributed by atoms with Gasteiger partial charge in [0.15, 0.2) is 5.13 Å². The van der Waals surface area contributed by atoms with Crippen molar-refractivity contribution in [2.75, 3.05) is 31.1 Å². The zero-order chi connectivity index (χ0) is 20.8. The molecule has 0 spiro atoms. The van der Waals surface area contributed by atoms with Crippen LogP contribution in [0.25, 0.3) is 16.3 Å². The van der Waals surface area contributed by atoms with Gasteiger partial charge in [0, 0.05) is 24.2 Å². The second-order valence-electron chi connectivity index (χ2n) is 6.84. The minimum atomic E-state index is -0.0900. The van der Waals surface area contributed by atoms with Crippen LogP contribution in [0.3, 0.4) is 0 Å². The van der Waals surface area contributed by atoms with Crippen LogP contribution >= 0.6 is 22.9 Å². The van der Waals surface area contributed by atoms with E-state index in [0.717, 1.165) is 40.5 Å². The van der Waals surface area contributed by atoms with E-state index in [9.17, 15) is 4.79 Å². The summed E-state index contributed by atoms with van der Waals surface area (Å²) in [7, 11) is 0. The summed E-state index contributed by atoms with van der Waals surface area (Å²) in [5.74, 6) is -0.0900. The lowest BCUT2D eigenvalue weighted by atomic mass is 10.2. The van der Waals surface area contributed by atoms with E-state index in [1.807, 2.05) is 36.4 Å². The van der Waals surface area contributed by atoms with Crippen molar-refractivity contribution < 1.29 is 4.79 Å². The average Bonchev–Trinajstić information content (AvgIpc) is 3.13. The van der Waals surface area contributed by atoms with Crippen LogP contribution in [-0.2, 0) is 4.79 Å². The summed E-state index contributed by atoms with van der Waals surface area (Å²) < 4.78 is 1.09. The van der Waals surface area contributed by atoms with Crippen molar-refractivity contribution in [1.29, 1.82) is 0 Å². The number of benzene rings is 2. The Morgan fingerprint density at radius 3 is 2.62 bits per heavy atom. The predicted octanol–water partition coefficient (Wildman–Crippen LogP) is 5.65. The van der Waals surface area contributed by atoms with E-state index in [0.29, 0.717) is 11.6 Å². The number of thiazole rings is 1. The lowest BCUT2D eigenvalue weighted by Gasteiger charge is -2.23. The van der Waals surface area contributed by atoms with Crippen LogP contribution in [0.5, 0.6) is 0 Å². The maximum atomic E-state index is 13.1. The van der Waals surface area contributed by atoms with Crippen LogP contribution in [-0.4, -0.2) is 42.0 Å². The Hall–Kier alpha value is -2.21. The van der Waals surface area contributed by atoms with Gasteiger partial charge in [-0.3, -0.25) is 9.69 Å². The number of amides is 1. The molecule has 0 fully saturated rings. The number of aromatic nitrogens is 1. The zero-order valence-corrected chi connectivity index (χ0v) is 18.6. The molecule has 0 bridgehead atoms. The number of nitrogens with zero attached hydrogens (tertiary/aromatic N) is 3. The summed E-state index contributed by atoms with van der Waals surface area (Å²) in [5, 5.41) is 1.35. The molecule has 0 aliphatic carbocycles. The number of rotatable bonds is 8. The molecule has 0 radical (unpaired) electrons. The standard InChI is InChI=1S/C23H26ClN3OS/c1-4-26(5-2)14-15-27(22(28)13-11-18-8-6-7-9-19(18)24)23-25-20-12-10-17(3)16-21(20)29-23/h6-13,16H,4-5,14-15H2,1-3H3/b13-11+. The number of fused-ring (bicyclic) bond motifs is 1. The highest BCUT2D eigenvalue weighted by molar-refractivity contribution is 7.22. The van der Waals surface area contributed by atoms with Crippen LogP contribution in [0.15, 0.2) is 48.5 Å². The highest BCUT2D eigenvalue weighted by Gasteiger charge is 2.19. The first-order chi connectivity index (χ1) is 14.0. The Bertz CT molecular complexity index is 1010. The van der Waals surface area contributed by atoms with Crippen molar-refractivity contribution in [3.63, 3.8) is 0 Å². The largest absolute Gasteiger partial charge is 0.302 e. The quantitative estimate of drug-likeness (QED) is 0.436. The van der Waals surface area contributed by atoms with Crippen molar-refractivity contribution >= 4 is 50.3 Å². The molecule has 0 N–H and O–H groups in total. The summed E-state index contributed by atoms with van der Waals surface area (Å²) >= 11 is 7.77. The molecule has 0 unspecified atom stereocenters. The smallest absolute Gasteiger partial charge is 0.252 e. The third-order valence-corrected chi connectivity index (χ3v) is 6.26. The first kappa shape index (κ1) is 21.5. The fourth-order valence-electron chi connectivity index (χ4n) is 3.08. The first-order valence-electron chi connectivity index (χ1n) is 9.85. The van der Waals surface area contributed by atoms with Crippen LogP contribution in [0.1, 0.15) is 25.0 Å². The maximum absolute atomic E-state index is 13.1. The number of carbonyl (C=O) groups is 1. The Labute approximate surface area is 181 Å². The summed E-state index contributed by atoms with van der Waals surface area (Å²) in [6.07, 6.45) is 3.35. The van der Waals surface area contributed by atoms with Crippen molar-refractivity contribution in [3.8, 4) is 0 Å². The number of hydrogen-bond donors (Lipinski definition) is 0. The summed E-state index contributed by atoms with van der Waals surface area (Å²) in [5.41, 5.74) is 2.93. The Morgan fingerprint density at radius 1 is 1.14 bits per heavy atom. The number of aryl methyl sites for hydroxylation is 1. The van der Waals surface area contributed by atoms with Gasteiger partial charge in [-0.1, -0.05) is 61.1 Å². The van der Waals surface area contributed by atoms with Gasteiger partial charge >= 0.3 is 0 Å². The number of likely N-dealkylation sites (N-methyl/N-ethyl adjacent to an activating group) is 1. The Morgan fingerprint density at radius 2 is 1.90 bits per heavy atom. The number of anilines is 1. The fourth-order valence-corrected chi connectivity index (χ4v) is 4.37. The third kappa shape index (κ3) is 5.44. The molecule has 4 nitrogen and oxygen atoms in total. The van der Waals surface area contributed by atoms with E-state index in [-0.39, 0.29) is 5.91 Å². The van der Waals surface area contributed by atoms with Gasteiger partial charge in [0.05, 0.1) is 10.2 Å². The molecule has 3 rings (SSSR count). The van der Waals surface area contributed by atoms with Gasteiger partial charge < -0.3 is 4.90 Å². The van der Waals surface area contributed by atoms with Crippen LogP contribution < -0.4 is 4.90 Å². The van der Waals surface area contributed by atoms with Crippen molar-refractivity contribution in [2.45, 2.75) is 20.8 Å². The molecular weight excluding hydrogens is 402 g/mol. The molecule has 3 aromatic rings. The maximum Gasteiger partial charge on any atom is 0.252 e. The molecule has 0 aliphatic rings. The summed E-state index contributed by atoms with van der Waals surface area (Å²) in [6, 6.07) is 13.7. The van der Waals surface area contributed by atoms with Crippen molar-refractivity contribution in [1.82, 2.24) is 9.88 Å². The van der Waals surface area contributed by atoms with Crippen molar-refractivity contribution in [2.24, 2.45) is 0 Å². The topological polar surface area (TPSA) is 36.4 Å². The average molecular weight is 428 g/mol. The fraction of sp³-hybridized carbons (Fsp3) is 0.304. The number of halogens is 1. The minimum Gasteiger partial charge on any atom is -0.302 e. The molecule has 0 aliphatic heterocycles. The molecule has 1 aromatic heterocycles. The van der Waals surface area contributed by atoms with Gasteiger partial charge in [-0.25, -0.2) is 4.98 Å². The Kier molecular flexibility index (Phi) is 7.42. The number of carbonyl (C=O) groups excluding carboxylic acids is 1. The lowest BCUT2D eigenvalue weighted by Crippen LogP contribution is -2.38. The highest BCUT2D eigenvalue weighted by Crippen LogP contribution is 2.30. The van der Waals surface area contributed by atoms with Gasteiger partial charge in [-0.2, -0.15) is 0 Å². The van der Waals surface area contributed by atoms with E-state index in [1.54, 1.807) is 28.4 Å². The molecule has 6 heteroatoms. The van der Waals surface area contributed by atoms with Gasteiger partial charge in [0.1, 0.15) is 0 Å². The predicted molar refractivity (Wildman–Crippen MR) is 125 cm³/mol. The molecule has 0 saturated heterocycles. The van der Waals surface area contributed by atoms with Crippen LogP contribution in [0.4, 0.5) is 5.13 Å². The number of hydrogen-bond acceptors (Lipinski definition) is 4. The van der Waals surface area contributed by atoms with Gasteiger partial charge in [0.2, 0.25) is 0 Å². The SMILES string of the molecule is CCN(CC)CCN(C(=O)/C=C/c1ccccc1Cl)c1nc2ccc(C)cc2s1. The highest BCUT2D eigenvalue weighted by atomic mass is 35.5. The van der Waals surface area contributed by atoms with Gasteiger partial charge in [0.25, 0.3) is 5.91 Å². The molecule has 152 valence electrons. The second kappa shape index (κ2) is 10.0. The zero-order valence-electron chi connectivity index (χ0n) is 17.1. The minimum absolute atomic E-state index is 0.0900. The van der Waals surface area contributed by atoms with Gasteiger partial charge in [-0.15, -0.1) is 0 Å².